The molecular weight excluding hydrogens is 406 g/mol. The number of anilines is 1. The van der Waals surface area contributed by atoms with Crippen LogP contribution in [0, 0.1) is 0 Å². The number of nitrogens with two attached hydrogens (primary N) is 1. The molecule has 5 aromatic rings. The molecule has 0 saturated carbocycles. The van der Waals surface area contributed by atoms with Crippen LogP contribution in [0.1, 0.15) is 0 Å². The van der Waals surface area contributed by atoms with Crippen LogP contribution in [0.3, 0.4) is 0 Å². The maximum atomic E-state index is 5.86. The van der Waals surface area contributed by atoms with Crippen molar-refractivity contribution in [1.82, 2.24) is 19.9 Å². The highest BCUT2D eigenvalue weighted by molar-refractivity contribution is 6.07. The average molecular weight is 425 g/mol. The number of rotatable bonds is 5. The van der Waals surface area contributed by atoms with E-state index in [4.69, 9.17) is 19.9 Å². The number of benzene rings is 1. The van der Waals surface area contributed by atoms with Gasteiger partial charge >= 0.3 is 0 Å². The first-order valence-corrected chi connectivity index (χ1v) is 9.80. The molecule has 0 atom stereocenters. The number of pyridine rings is 4. The van der Waals surface area contributed by atoms with Gasteiger partial charge in [0.2, 0.25) is 0 Å². The number of hydrogen-bond donors (Lipinski definition) is 1. The summed E-state index contributed by atoms with van der Waals surface area (Å²) in [5, 5.41) is 2.86. The standard InChI is InChI=1S/C24H19N5O3/c1-30-22-7-19-18-6-20(27-10-15(18)11-28-21(19)8-23(22)31-2)14-5-17(12-26-9-14)32-16-3-4-24(25)29-13-16/h3-13H,1-2H3,(H2,25,29). The fourth-order valence-corrected chi connectivity index (χ4v) is 3.49. The fourth-order valence-electron chi connectivity index (χ4n) is 3.49. The number of nitrogens with zero attached hydrogens (tertiary/aromatic N) is 4. The van der Waals surface area contributed by atoms with Crippen molar-refractivity contribution in [3.63, 3.8) is 0 Å². The van der Waals surface area contributed by atoms with Gasteiger partial charge in [0.15, 0.2) is 11.5 Å². The van der Waals surface area contributed by atoms with E-state index >= 15 is 0 Å². The van der Waals surface area contributed by atoms with E-state index in [0.717, 1.165) is 32.9 Å². The van der Waals surface area contributed by atoms with Gasteiger partial charge in [0, 0.05) is 41.0 Å². The zero-order valence-electron chi connectivity index (χ0n) is 17.4. The SMILES string of the molecule is COc1cc2ncc3cnc(-c4cncc(Oc5ccc(N)nc5)c4)cc3c2cc1OC. The average Bonchev–Trinajstić information content (AvgIpc) is 2.84. The van der Waals surface area contributed by atoms with Crippen molar-refractivity contribution in [1.29, 1.82) is 0 Å². The highest BCUT2D eigenvalue weighted by Gasteiger charge is 2.12. The molecule has 0 unspecified atom stereocenters. The summed E-state index contributed by atoms with van der Waals surface area (Å²) in [5.41, 5.74) is 8.01. The van der Waals surface area contributed by atoms with Crippen molar-refractivity contribution >= 4 is 27.5 Å². The van der Waals surface area contributed by atoms with E-state index in [0.29, 0.717) is 28.8 Å². The topological polar surface area (TPSA) is 105 Å². The van der Waals surface area contributed by atoms with Crippen LogP contribution in [0.25, 0.3) is 32.9 Å². The van der Waals surface area contributed by atoms with E-state index in [1.54, 1.807) is 57.3 Å². The Hall–Kier alpha value is -4.46. The highest BCUT2D eigenvalue weighted by Crippen LogP contribution is 2.35. The molecule has 1 aromatic carbocycles. The Bertz CT molecular complexity index is 1440. The molecule has 0 fully saturated rings. The molecule has 0 radical (unpaired) electrons. The van der Waals surface area contributed by atoms with Gasteiger partial charge < -0.3 is 19.9 Å². The van der Waals surface area contributed by atoms with Gasteiger partial charge in [-0.05, 0) is 35.7 Å². The molecule has 8 heteroatoms. The molecule has 0 spiro atoms. The fraction of sp³-hybridized carbons (Fsp3) is 0.0833. The molecular formula is C24H19N5O3. The van der Waals surface area contributed by atoms with Crippen molar-refractivity contribution in [3.05, 3.63) is 67.4 Å². The van der Waals surface area contributed by atoms with Gasteiger partial charge in [-0.15, -0.1) is 0 Å². The maximum absolute atomic E-state index is 5.86. The molecule has 0 aliphatic carbocycles. The zero-order chi connectivity index (χ0) is 22.1. The molecule has 158 valence electrons. The third-order valence-corrected chi connectivity index (χ3v) is 5.07. The van der Waals surface area contributed by atoms with Crippen molar-refractivity contribution in [3.8, 4) is 34.3 Å². The van der Waals surface area contributed by atoms with Crippen LogP contribution in [0.2, 0.25) is 0 Å². The molecule has 0 aliphatic heterocycles. The second kappa shape index (κ2) is 7.99. The monoisotopic (exact) mass is 425 g/mol. The molecule has 0 amide bonds. The van der Waals surface area contributed by atoms with E-state index in [1.165, 1.54) is 0 Å². The quantitative estimate of drug-likeness (QED) is 0.406. The number of fused-ring (bicyclic) bond motifs is 3. The highest BCUT2D eigenvalue weighted by atomic mass is 16.5. The minimum atomic E-state index is 0.431. The molecule has 0 saturated heterocycles. The summed E-state index contributed by atoms with van der Waals surface area (Å²) >= 11 is 0. The van der Waals surface area contributed by atoms with E-state index < -0.39 is 0 Å². The molecule has 0 aliphatic rings. The summed E-state index contributed by atoms with van der Waals surface area (Å²) in [6, 6.07) is 11.1. The molecule has 2 N–H and O–H groups in total. The largest absolute Gasteiger partial charge is 0.493 e. The van der Waals surface area contributed by atoms with Crippen LogP contribution in [-0.2, 0) is 0 Å². The first-order chi connectivity index (χ1) is 15.6. The maximum Gasteiger partial charge on any atom is 0.162 e. The van der Waals surface area contributed by atoms with Crippen LogP contribution >= 0.6 is 0 Å². The summed E-state index contributed by atoms with van der Waals surface area (Å²) < 4.78 is 16.7. The van der Waals surface area contributed by atoms with Crippen LogP contribution < -0.4 is 19.9 Å². The van der Waals surface area contributed by atoms with Crippen LogP contribution in [0.4, 0.5) is 5.82 Å². The van der Waals surface area contributed by atoms with Crippen molar-refractivity contribution in [2.45, 2.75) is 0 Å². The molecule has 32 heavy (non-hydrogen) atoms. The Labute approximate surface area is 183 Å². The number of methoxy groups -OCH3 is 2. The lowest BCUT2D eigenvalue weighted by molar-refractivity contribution is 0.356. The molecule has 4 heterocycles. The third kappa shape index (κ3) is 3.58. The van der Waals surface area contributed by atoms with Crippen LogP contribution in [-0.4, -0.2) is 34.2 Å². The van der Waals surface area contributed by atoms with E-state index in [-0.39, 0.29) is 0 Å². The minimum Gasteiger partial charge on any atom is -0.493 e. The molecule has 4 aromatic heterocycles. The summed E-state index contributed by atoms with van der Waals surface area (Å²) in [5.74, 6) is 2.85. The minimum absolute atomic E-state index is 0.431. The van der Waals surface area contributed by atoms with Gasteiger partial charge in [-0.25, -0.2) is 4.98 Å². The Morgan fingerprint density at radius 2 is 1.53 bits per heavy atom. The van der Waals surface area contributed by atoms with Crippen LogP contribution in [0.15, 0.2) is 67.4 Å². The first-order valence-electron chi connectivity index (χ1n) is 9.80. The smallest absolute Gasteiger partial charge is 0.162 e. The van der Waals surface area contributed by atoms with Crippen molar-refractivity contribution < 1.29 is 14.2 Å². The van der Waals surface area contributed by atoms with Gasteiger partial charge in [-0.2, -0.15) is 0 Å². The van der Waals surface area contributed by atoms with Crippen LogP contribution in [0.5, 0.6) is 23.0 Å². The van der Waals surface area contributed by atoms with Crippen molar-refractivity contribution in [2.24, 2.45) is 0 Å². The van der Waals surface area contributed by atoms with Gasteiger partial charge in [0.1, 0.15) is 17.3 Å². The third-order valence-electron chi connectivity index (χ3n) is 5.07. The van der Waals surface area contributed by atoms with Gasteiger partial charge in [-0.3, -0.25) is 15.0 Å². The normalized spacial score (nSPS) is 10.9. The van der Waals surface area contributed by atoms with Gasteiger partial charge in [0.05, 0.1) is 37.8 Å². The summed E-state index contributed by atoms with van der Waals surface area (Å²) in [6.07, 6.45) is 8.54. The molecule has 0 bridgehead atoms. The lowest BCUT2D eigenvalue weighted by atomic mass is 10.0. The predicted octanol–water partition coefficient (Wildman–Crippen LogP) is 4.63. The predicted molar refractivity (Wildman–Crippen MR) is 122 cm³/mol. The second-order valence-corrected chi connectivity index (χ2v) is 7.07. The summed E-state index contributed by atoms with van der Waals surface area (Å²) in [6.45, 7) is 0. The Morgan fingerprint density at radius 1 is 0.719 bits per heavy atom. The van der Waals surface area contributed by atoms with E-state index in [9.17, 15) is 0 Å². The molecule has 8 nitrogen and oxygen atoms in total. The van der Waals surface area contributed by atoms with Gasteiger partial charge in [-0.1, -0.05) is 0 Å². The van der Waals surface area contributed by atoms with Crippen molar-refractivity contribution in [2.75, 3.05) is 20.0 Å². The zero-order valence-corrected chi connectivity index (χ0v) is 17.4. The Kier molecular flexibility index (Phi) is 4.87. The summed E-state index contributed by atoms with van der Waals surface area (Å²) in [7, 11) is 3.22. The first kappa shape index (κ1) is 19.5. The number of aromatic nitrogens is 4. The Morgan fingerprint density at radius 3 is 2.31 bits per heavy atom. The summed E-state index contributed by atoms with van der Waals surface area (Å²) in [4.78, 5) is 17.5. The molecule has 5 rings (SSSR count). The van der Waals surface area contributed by atoms with Gasteiger partial charge in [0.25, 0.3) is 0 Å². The van der Waals surface area contributed by atoms with E-state index in [2.05, 4.69) is 19.9 Å². The lowest BCUT2D eigenvalue weighted by Crippen LogP contribution is -1.93. The number of hydrogen-bond acceptors (Lipinski definition) is 8. The van der Waals surface area contributed by atoms with E-state index in [1.807, 2.05) is 24.3 Å². The number of nitrogen functional groups attached to an aromatic ring is 1. The lowest BCUT2D eigenvalue weighted by Gasteiger charge is -2.11. The Balaban J connectivity index is 1.58. The number of ether oxygens (including phenoxy) is 3. The second-order valence-electron chi connectivity index (χ2n) is 7.07.